The van der Waals surface area contributed by atoms with Crippen molar-refractivity contribution in [2.75, 3.05) is 20.3 Å². The third kappa shape index (κ3) is 4.21. The van der Waals surface area contributed by atoms with E-state index in [-0.39, 0.29) is 11.7 Å². The van der Waals surface area contributed by atoms with E-state index in [9.17, 15) is 9.18 Å². The van der Waals surface area contributed by atoms with E-state index < -0.39 is 5.82 Å². The summed E-state index contributed by atoms with van der Waals surface area (Å²) in [7, 11) is 1.44. The van der Waals surface area contributed by atoms with Gasteiger partial charge in [-0.05, 0) is 25.5 Å². The van der Waals surface area contributed by atoms with Gasteiger partial charge in [0, 0.05) is 12.6 Å². The first kappa shape index (κ1) is 15.4. The summed E-state index contributed by atoms with van der Waals surface area (Å²) in [4.78, 5) is 17.4. The Morgan fingerprint density at radius 2 is 2.11 bits per heavy atom. The van der Waals surface area contributed by atoms with E-state index in [4.69, 9.17) is 9.57 Å². The number of benzene rings is 1. The number of nitrogens with zero attached hydrogens (tertiary/aromatic N) is 1. The number of hydrogen-bond acceptors (Lipinski definition) is 3. The number of carbonyl (C=O) groups is 1. The van der Waals surface area contributed by atoms with Crippen LogP contribution in [0.25, 0.3) is 0 Å². The topological polar surface area (TPSA) is 38.8 Å². The summed E-state index contributed by atoms with van der Waals surface area (Å²) in [5.41, 5.74) is 0.307. The molecule has 0 aliphatic heterocycles. The molecule has 1 rings (SSSR count). The van der Waals surface area contributed by atoms with E-state index in [0.717, 1.165) is 12.8 Å². The fourth-order valence-corrected chi connectivity index (χ4v) is 1.66. The van der Waals surface area contributed by atoms with Crippen molar-refractivity contribution in [3.8, 4) is 5.75 Å². The molecule has 1 aromatic carbocycles. The minimum Gasteiger partial charge on any atom is -0.493 e. The summed E-state index contributed by atoms with van der Waals surface area (Å²) in [6.45, 7) is 4.67. The van der Waals surface area contributed by atoms with Gasteiger partial charge in [0.05, 0.1) is 19.3 Å². The molecule has 0 N–H and O–H groups in total. The summed E-state index contributed by atoms with van der Waals surface area (Å²) < 4.78 is 18.5. The summed E-state index contributed by atoms with van der Waals surface area (Å²) in [5, 5.41) is 1.26. The van der Waals surface area contributed by atoms with Gasteiger partial charge in [-0.2, -0.15) is 0 Å². The zero-order valence-electron chi connectivity index (χ0n) is 11.6. The molecule has 4 nitrogen and oxygen atoms in total. The number of ether oxygens (including phenoxy) is 1. The molecule has 0 atom stereocenters. The fourth-order valence-electron chi connectivity index (χ4n) is 1.66. The smallest absolute Gasteiger partial charge is 0.281 e. The fraction of sp³-hybridized carbons (Fsp3) is 0.500. The Balaban J connectivity index is 2.96. The minimum absolute atomic E-state index is 0.242. The molecule has 19 heavy (non-hydrogen) atoms. The zero-order valence-corrected chi connectivity index (χ0v) is 11.6. The predicted octanol–water partition coefficient (Wildman–Crippen LogP) is 3.03. The molecule has 5 heteroatoms. The van der Waals surface area contributed by atoms with Crippen LogP contribution in [0.15, 0.2) is 18.2 Å². The molecule has 0 heterocycles. The van der Waals surface area contributed by atoms with Crippen molar-refractivity contribution in [2.45, 2.75) is 26.7 Å². The van der Waals surface area contributed by atoms with Crippen LogP contribution in [0.3, 0.4) is 0 Å². The second-order valence-corrected chi connectivity index (χ2v) is 4.02. The van der Waals surface area contributed by atoms with Crippen LogP contribution in [-0.2, 0) is 4.84 Å². The molecule has 1 amide bonds. The highest BCUT2D eigenvalue weighted by molar-refractivity contribution is 5.96. The van der Waals surface area contributed by atoms with Crippen LogP contribution in [0.4, 0.5) is 4.39 Å². The average Bonchev–Trinajstić information content (AvgIpc) is 2.40. The number of carbonyl (C=O) groups excluding carboxylic acids is 1. The van der Waals surface area contributed by atoms with Crippen molar-refractivity contribution >= 4 is 5.91 Å². The van der Waals surface area contributed by atoms with E-state index >= 15 is 0 Å². The number of hydroxylamine groups is 2. The predicted molar refractivity (Wildman–Crippen MR) is 70.5 cm³/mol. The van der Waals surface area contributed by atoms with E-state index in [2.05, 4.69) is 0 Å². The largest absolute Gasteiger partial charge is 0.493 e. The number of hydrogen-bond donors (Lipinski definition) is 0. The lowest BCUT2D eigenvalue weighted by atomic mass is 10.1. The Hall–Kier alpha value is -1.62. The number of unbranched alkanes of at least 4 members (excludes halogenated alkanes) is 1. The van der Waals surface area contributed by atoms with Crippen molar-refractivity contribution in [2.24, 2.45) is 0 Å². The molecule has 106 valence electrons. The third-order valence-corrected chi connectivity index (χ3v) is 2.64. The Bertz CT molecular complexity index is 423. The normalized spacial score (nSPS) is 10.3. The quantitative estimate of drug-likeness (QED) is 0.714. The van der Waals surface area contributed by atoms with Gasteiger partial charge in [0.15, 0.2) is 0 Å². The molecule has 0 spiro atoms. The second-order valence-electron chi connectivity index (χ2n) is 4.02. The highest BCUT2D eigenvalue weighted by Gasteiger charge is 2.20. The standard InChI is InChI=1S/C14H20FNO3/c1-4-6-9-16(18-3)14(17)12-8-7-11(15)10-13(12)19-5-2/h7-8,10H,4-6,9H2,1-3H3. The van der Waals surface area contributed by atoms with Crippen LogP contribution >= 0.6 is 0 Å². The van der Waals surface area contributed by atoms with E-state index in [1.54, 1.807) is 6.92 Å². The maximum Gasteiger partial charge on any atom is 0.281 e. The molecule has 0 aliphatic carbocycles. The first-order valence-electron chi connectivity index (χ1n) is 6.42. The van der Waals surface area contributed by atoms with Crippen LogP contribution in [0.1, 0.15) is 37.0 Å². The Kier molecular flexibility index (Phi) is 6.29. The highest BCUT2D eigenvalue weighted by Crippen LogP contribution is 2.22. The number of amides is 1. The molecule has 0 aliphatic rings. The first-order valence-corrected chi connectivity index (χ1v) is 6.42. The van der Waals surface area contributed by atoms with Crippen LogP contribution in [0.2, 0.25) is 0 Å². The van der Waals surface area contributed by atoms with Crippen molar-refractivity contribution in [3.05, 3.63) is 29.6 Å². The molecule has 0 bridgehead atoms. The Morgan fingerprint density at radius 3 is 2.68 bits per heavy atom. The lowest BCUT2D eigenvalue weighted by Gasteiger charge is -2.20. The summed E-state index contributed by atoms with van der Waals surface area (Å²) in [5.74, 6) is -0.511. The van der Waals surface area contributed by atoms with E-state index in [0.29, 0.717) is 18.7 Å². The van der Waals surface area contributed by atoms with Crippen molar-refractivity contribution in [3.63, 3.8) is 0 Å². The third-order valence-electron chi connectivity index (χ3n) is 2.64. The Morgan fingerprint density at radius 1 is 1.37 bits per heavy atom. The van der Waals surface area contributed by atoms with Gasteiger partial charge in [0.2, 0.25) is 0 Å². The van der Waals surface area contributed by atoms with E-state index in [1.807, 2.05) is 6.92 Å². The van der Waals surface area contributed by atoms with Gasteiger partial charge in [-0.1, -0.05) is 13.3 Å². The van der Waals surface area contributed by atoms with Gasteiger partial charge >= 0.3 is 0 Å². The maximum absolute atomic E-state index is 13.2. The molecule has 0 fully saturated rings. The molecular formula is C14H20FNO3. The second kappa shape index (κ2) is 7.74. The zero-order chi connectivity index (χ0) is 14.3. The molecule has 0 saturated carbocycles. The SMILES string of the molecule is CCCCN(OC)C(=O)c1ccc(F)cc1OCC. The van der Waals surface area contributed by atoms with E-state index in [1.165, 1.54) is 30.4 Å². The van der Waals surface area contributed by atoms with Gasteiger partial charge in [0.25, 0.3) is 5.91 Å². The van der Waals surface area contributed by atoms with Crippen molar-refractivity contribution < 1.29 is 18.8 Å². The van der Waals surface area contributed by atoms with Crippen LogP contribution in [-0.4, -0.2) is 31.2 Å². The Labute approximate surface area is 113 Å². The molecule has 0 aromatic heterocycles. The summed E-state index contributed by atoms with van der Waals surface area (Å²) >= 11 is 0. The summed E-state index contributed by atoms with van der Waals surface area (Å²) in [6.07, 6.45) is 1.79. The highest BCUT2D eigenvalue weighted by atomic mass is 19.1. The molecular weight excluding hydrogens is 249 g/mol. The summed E-state index contributed by atoms with van der Waals surface area (Å²) in [6, 6.07) is 3.87. The van der Waals surface area contributed by atoms with Crippen molar-refractivity contribution in [1.29, 1.82) is 0 Å². The van der Waals surface area contributed by atoms with Crippen molar-refractivity contribution in [1.82, 2.24) is 5.06 Å². The molecule has 0 radical (unpaired) electrons. The van der Waals surface area contributed by atoms with Crippen LogP contribution in [0, 0.1) is 5.82 Å². The van der Waals surface area contributed by atoms with Crippen LogP contribution in [0.5, 0.6) is 5.75 Å². The number of halogens is 1. The van der Waals surface area contributed by atoms with Gasteiger partial charge in [-0.15, -0.1) is 0 Å². The van der Waals surface area contributed by atoms with Gasteiger partial charge < -0.3 is 4.74 Å². The molecule has 0 unspecified atom stereocenters. The molecule has 1 aromatic rings. The lowest BCUT2D eigenvalue weighted by Crippen LogP contribution is -2.31. The van der Waals surface area contributed by atoms with Gasteiger partial charge in [-0.25, -0.2) is 9.45 Å². The monoisotopic (exact) mass is 269 g/mol. The van der Waals surface area contributed by atoms with Crippen LogP contribution < -0.4 is 4.74 Å². The van der Waals surface area contributed by atoms with Gasteiger partial charge in [0.1, 0.15) is 11.6 Å². The average molecular weight is 269 g/mol. The maximum atomic E-state index is 13.2. The molecule has 0 saturated heterocycles. The first-order chi connectivity index (χ1) is 9.13. The number of rotatable bonds is 7. The van der Waals surface area contributed by atoms with Gasteiger partial charge in [-0.3, -0.25) is 9.63 Å². The minimum atomic E-state index is -0.433. The lowest BCUT2D eigenvalue weighted by molar-refractivity contribution is -0.0956.